The number of nitriles is 1. The summed E-state index contributed by atoms with van der Waals surface area (Å²) in [4.78, 5) is 24.0. The summed E-state index contributed by atoms with van der Waals surface area (Å²) in [5.41, 5.74) is -0.284. The number of carbonyl (C=O) groups is 2. The van der Waals surface area contributed by atoms with Crippen LogP contribution >= 0.6 is 23.2 Å². The van der Waals surface area contributed by atoms with E-state index in [1.54, 1.807) is 31.2 Å². The average Bonchev–Trinajstić information content (AvgIpc) is 2.91. The summed E-state index contributed by atoms with van der Waals surface area (Å²) in [6.45, 7) is 1.06. The molecule has 1 N–H and O–H groups in total. The van der Waals surface area contributed by atoms with Gasteiger partial charge in [0.15, 0.2) is 6.61 Å². The Balaban J connectivity index is 1.68. The lowest BCUT2D eigenvalue weighted by atomic mass is 10.1. The minimum absolute atomic E-state index is 0.0226. The van der Waals surface area contributed by atoms with Crippen molar-refractivity contribution in [2.24, 2.45) is 5.41 Å². The van der Waals surface area contributed by atoms with Crippen LogP contribution in [0.1, 0.15) is 19.1 Å². The summed E-state index contributed by atoms with van der Waals surface area (Å²) in [5, 5.41) is 12.2. The zero-order valence-electron chi connectivity index (χ0n) is 12.6. The fourth-order valence-corrected chi connectivity index (χ4v) is 3.02. The number of hydrogen-bond acceptors (Lipinski definition) is 5. The van der Waals surface area contributed by atoms with Crippen LogP contribution in [0, 0.1) is 16.7 Å². The van der Waals surface area contributed by atoms with E-state index in [2.05, 4.69) is 5.32 Å². The van der Waals surface area contributed by atoms with Crippen molar-refractivity contribution in [3.05, 3.63) is 30.0 Å². The zero-order chi connectivity index (χ0) is 17.5. The molecular formula is C16H12Cl2N2O4. The number of benzene rings is 1. The Hall–Kier alpha value is -2.23. The number of carbonyl (C=O) groups excluding carboxylic acids is 2. The van der Waals surface area contributed by atoms with E-state index in [1.807, 2.05) is 6.07 Å². The number of nitrogens with zero attached hydrogens (tertiary/aromatic N) is 1. The number of para-hydroxylation sites is 1. The molecule has 1 saturated carbocycles. The van der Waals surface area contributed by atoms with Crippen molar-refractivity contribution in [3.63, 3.8) is 0 Å². The Labute approximate surface area is 147 Å². The van der Waals surface area contributed by atoms with Crippen LogP contribution in [0.5, 0.6) is 0 Å². The number of rotatable bonds is 4. The second-order valence-corrected chi connectivity index (χ2v) is 7.24. The van der Waals surface area contributed by atoms with E-state index in [0.717, 1.165) is 0 Å². The fraction of sp³-hybridized carbons (Fsp3) is 0.312. The van der Waals surface area contributed by atoms with Crippen LogP contribution in [0.25, 0.3) is 11.0 Å². The number of furan rings is 1. The second-order valence-electron chi connectivity index (χ2n) is 5.75. The van der Waals surface area contributed by atoms with E-state index in [0.29, 0.717) is 11.0 Å². The minimum atomic E-state index is -1.16. The predicted molar refractivity (Wildman–Crippen MR) is 87.7 cm³/mol. The first-order valence-electron chi connectivity index (χ1n) is 7.05. The minimum Gasteiger partial charge on any atom is -0.455 e. The first-order chi connectivity index (χ1) is 11.3. The van der Waals surface area contributed by atoms with Crippen molar-refractivity contribution >= 4 is 51.7 Å². The van der Waals surface area contributed by atoms with Crippen LogP contribution in [0.15, 0.2) is 28.7 Å². The highest BCUT2D eigenvalue weighted by atomic mass is 35.5. The summed E-state index contributed by atoms with van der Waals surface area (Å²) in [6, 6.07) is 8.77. The number of amides is 1. The van der Waals surface area contributed by atoms with Gasteiger partial charge in [0.1, 0.15) is 27.1 Å². The van der Waals surface area contributed by atoms with Gasteiger partial charge >= 0.3 is 5.97 Å². The lowest BCUT2D eigenvalue weighted by Gasteiger charge is -2.11. The van der Waals surface area contributed by atoms with Crippen molar-refractivity contribution in [3.8, 4) is 6.07 Å². The molecule has 3 rings (SSSR count). The third kappa shape index (κ3) is 2.70. The van der Waals surface area contributed by atoms with Crippen molar-refractivity contribution in [2.75, 3.05) is 11.9 Å². The van der Waals surface area contributed by atoms with Crippen molar-refractivity contribution in [1.82, 2.24) is 0 Å². The number of anilines is 1. The number of hydrogen-bond donors (Lipinski definition) is 1. The first-order valence-corrected chi connectivity index (χ1v) is 7.80. The summed E-state index contributed by atoms with van der Waals surface area (Å²) < 4.78 is 9.16. The molecule has 124 valence electrons. The third-order valence-electron chi connectivity index (χ3n) is 4.00. The summed E-state index contributed by atoms with van der Waals surface area (Å²) in [7, 11) is 0. The quantitative estimate of drug-likeness (QED) is 0.661. The van der Waals surface area contributed by atoms with E-state index >= 15 is 0 Å². The highest BCUT2D eigenvalue weighted by molar-refractivity contribution is 6.53. The number of fused-ring (bicyclic) bond motifs is 1. The largest absolute Gasteiger partial charge is 0.455 e. The van der Waals surface area contributed by atoms with E-state index in [9.17, 15) is 9.59 Å². The molecule has 6 nitrogen and oxygen atoms in total. The van der Waals surface area contributed by atoms with E-state index < -0.39 is 28.2 Å². The van der Waals surface area contributed by atoms with Gasteiger partial charge in [-0.15, -0.1) is 23.2 Å². The Morgan fingerprint density at radius 3 is 2.71 bits per heavy atom. The normalized spacial score (nSPS) is 21.1. The molecule has 1 atom stereocenters. The van der Waals surface area contributed by atoms with E-state index in [1.165, 1.54) is 0 Å². The molecule has 1 fully saturated rings. The van der Waals surface area contributed by atoms with Crippen LogP contribution in [-0.2, 0) is 14.3 Å². The van der Waals surface area contributed by atoms with E-state index in [-0.39, 0.29) is 17.9 Å². The molecule has 24 heavy (non-hydrogen) atoms. The van der Waals surface area contributed by atoms with Crippen LogP contribution in [0.2, 0.25) is 0 Å². The van der Waals surface area contributed by atoms with Gasteiger partial charge in [-0.3, -0.25) is 9.59 Å². The van der Waals surface area contributed by atoms with Gasteiger partial charge in [-0.25, -0.2) is 0 Å². The van der Waals surface area contributed by atoms with Crippen LogP contribution < -0.4 is 5.32 Å². The lowest BCUT2D eigenvalue weighted by Crippen LogP contribution is -2.26. The summed E-state index contributed by atoms with van der Waals surface area (Å²) in [5.74, 6) is -1.25. The fourth-order valence-electron chi connectivity index (χ4n) is 2.34. The smallest absolute Gasteiger partial charge is 0.315 e. The Kier molecular flexibility index (Phi) is 3.94. The monoisotopic (exact) mass is 366 g/mol. The molecule has 0 radical (unpaired) electrons. The molecule has 0 spiro atoms. The van der Waals surface area contributed by atoms with Gasteiger partial charge in [0.05, 0.1) is 0 Å². The van der Waals surface area contributed by atoms with Gasteiger partial charge in [-0.2, -0.15) is 5.26 Å². The third-order valence-corrected chi connectivity index (χ3v) is 5.11. The lowest BCUT2D eigenvalue weighted by molar-refractivity contribution is -0.152. The second kappa shape index (κ2) is 5.69. The molecule has 8 heteroatoms. The maximum Gasteiger partial charge on any atom is 0.315 e. The van der Waals surface area contributed by atoms with Gasteiger partial charge in [0.25, 0.3) is 5.91 Å². The van der Waals surface area contributed by atoms with Crippen LogP contribution in [-0.4, -0.2) is 22.8 Å². The van der Waals surface area contributed by atoms with Crippen molar-refractivity contribution < 1.29 is 18.7 Å². The number of ether oxygens (including phenoxy) is 1. The molecule has 2 aromatic rings. The Morgan fingerprint density at radius 1 is 1.42 bits per heavy atom. The molecule has 0 saturated heterocycles. The molecule has 1 aromatic carbocycles. The summed E-state index contributed by atoms with van der Waals surface area (Å²) >= 11 is 11.8. The first kappa shape index (κ1) is 16.6. The van der Waals surface area contributed by atoms with Crippen LogP contribution in [0.4, 0.5) is 5.69 Å². The van der Waals surface area contributed by atoms with Crippen molar-refractivity contribution in [2.45, 2.75) is 17.7 Å². The van der Waals surface area contributed by atoms with Gasteiger partial charge in [0, 0.05) is 11.8 Å². The summed E-state index contributed by atoms with van der Waals surface area (Å²) in [6.07, 6.45) is 0.272. The van der Waals surface area contributed by atoms with Gasteiger partial charge in [0.2, 0.25) is 5.76 Å². The standard InChI is InChI=1S/C16H12Cl2N2O4/c1-15(8-16(15,17)18)14(22)23-7-12(21)20-13-9-4-2-3-5-10(9)24-11(13)6-19/h2-5H,7-8H2,1H3,(H,20,21)/t15-/m0/s1. The van der Waals surface area contributed by atoms with Gasteiger partial charge < -0.3 is 14.5 Å². The molecule has 1 aliphatic rings. The number of halogens is 2. The Bertz CT molecular complexity index is 884. The highest BCUT2D eigenvalue weighted by Crippen LogP contribution is 2.64. The predicted octanol–water partition coefficient (Wildman–Crippen LogP) is 3.37. The molecule has 1 aliphatic carbocycles. The highest BCUT2D eigenvalue weighted by Gasteiger charge is 2.69. The Morgan fingerprint density at radius 2 is 2.08 bits per heavy atom. The number of alkyl halides is 2. The maximum atomic E-state index is 12.0. The zero-order valence-corrected chi connectivity index (χ0v) is 14.1. The molecule has 0 unspecified atom stereocenters. The maximum absolute atomic E-state index is 12.0. The average molecular weight is 367 g/mol. The van der Waals surface area contributed by atoms with Gasteiger partial charge in [-0.1, -0.05) is 12.1 Å². The molecule has 0 bridgehead atoms. The molecule has 1 amide bonds. The number of esters is 1. The molecule has 0 aliphatic heterocycles. The molecule has 1 aromatic heterocycles. The molecular weight excluding hydrogens is 355 g/mol. The molecule has 1 heterocycles. The van der Waals surface area contributed by atoms with Crippen molar-refractivity contribution in [1.29, 1.82) is 5.26 Å². The SMILES string of the molecule is C[C@@]1(C(=O)OCC(=O)Nc2c(C#N)oc3ccccc23)CC1(Cl)Cl. The van der Waals surface area contributed by atoms with Gasteiger partial charge in [-0.05, 0) is 19.1 Å². The number of nitrogens with one attached hydrogen (secondary N) is 1. The van der Waals surface area contributed by atoms with E-state index in [4.69, 9.17) is 37.6 Å². The van der Waals surface area contributed by atoms with Crippen LogP contribution in [0.3, 0.4) is 0 Å². The topological polar surface area (TPSA) is 92.3 Å².